The molecule has 35 heavy (non-hydrogen) atoms. The van der Waals surface area contributed by atoms with E-state index in [1.807, 2.05) is 0 Å². The standard InChI is InChI=1S/C25H25ClFN3O4S/c1-18(25(32)28-2)29(16-19-7-6-8-20(26)15-19)24(31)17-30(22-9-4-3-5-10-22)35(33,34)23-13-11-21(27)12-14-23/h3-15,18H,16-17H2,1-2H3,(H,28,32)/t18-/m0/s1. The van der Waals surface area contributed by atoms with Gasteiger partial charge >= 0.3 is 0 Å². The first kappa shape index (κ1) is 26.2. The van der Waals surface area contributed by atoms with Crippen LogP contribution in [0.5, 0.6) is 0 Å². The van der Waals surface area contributed by atoms with Crippen molar-refractivity contribution in [1.29, 1.82) is 0 Å². The normalized spacial score (nSPS) is 12.0. The summed E-state index contributed by atoms with van der Waals surface area (Å²) in [7, 11) is -2.78. The van der Waals surface area contributed by atoms with Gasteiger partial charge in [-0.3, -0.25) is 13.9 Å². The van der Waals surface area contributed by atoms with E-state index >= 15 is 0 Å². The van der Waals surface area contributed by atoms with Crippen LogP contribution in [-0.2, 0) is 26.2 Å². The first-order chi connectivity index (χ1) is 16.6. The lowest BCUT2D eigenvalue weighted by atomic mass is 10.1. The second-order valence-corrected chi connectivity index (χ2v) is 10.0. The Kier molecular flexibility index (Phi) is 8.48. The summed E-state index contributed by atoms with van der Waals surface area (Å²) in [5.74, 6) is -1.60. The van der Waals surface area contributed by atoms with Crippen molar-refractivity contribution in [1.82, 2.24) is 10.2 Å². The molecule has 0 spiro atoms. The fourth-order valence-corrected chi connectivity index (χ4v) is 5.11. The van der Waals surface area contributed by atoms with Crippen LogP contribution in [0.1, 0.15) is 12.5 Å². The zero-order chi connectivity index (χ0) is 25.6. The lowest BCUT2D eigenvalue weighted by Gasteiger charge is -2.31. The Bertz CT molecular complexity index is 1290. The fraction of sp³-hybridized carbons (Fsp3) is 0.200. The highest BCUT2D eigenvalue weighted by Gasteiger charge is 2.32. The second kappa shape index (κ2) is 11.3. The Hall–Kier alpha value is -3.43. The van der Waals surface area contributed by atoms with Crippen molar-refractivity contribution < 1.29 is 22.4 Å². The van der Waals surface area contributed by atoms with E-state index in [2.05, 4.69) is 5.32 Å². The maximum Gasteiger partial charge on any atom is 0.264 e. The predicted octanol–water partition coefficient (Wildman–Crippen LogP) is 3.84. The third-order valence-electron chi connectivity index (χ3n) is 5.38. The second-order valence-electron chi connectivity index (χ2n) is 7.74. The third-order valence-corrected chi connectivity index (χ3v) is 7.40. The van der Waals surface area contributed by atoms with E-state index in [0.29, 0.717) is 10.6 Å². The number of nitrogens with zero attached hydrogens (tertiary/aromatic N) is 2. The van der Waals surface area contributed by atoms with Crippen LogP contribution in [-0.4, -0.2) is 44.8 Å². The topological polar surface area (TPSA) is 86.8 Å². The van der Waals surface area contributed by atoms with E-state index in [-0.39, 0.29) is 17.1 Å². The zero-order valence-corrected chi connectivity index (χ0v) is 20.8. The number of carbonyl (C=O) groups is 2. The summed E-state index contributed by atoms with van der Waals surface area (Å²) in [6.07, 6.45) is 0. The Morgan fingerprint density at radius 1 is 1.00 bits per heavy atom. The Morgan fingerprint density at radius 2 is 1.66 bits per heavy atom. The van der Waals surface area contributed by atoms with E-state index in [0.717, 1.165) is 28.6 Å². The number of rotatable bonds is 9. The predicted molar refractivity (Wildman–Crippen MR) is 133 cm³/mol. The molecule has 0 aliphatic rings. The summed E-state index contributed by atoms with van der Waals surface area (Å²) in [4.78, 5) is 27.1. The average Bonchev–Trinajstić information content (AvgIpc) is 2.85. The van der Waals surface area contributed by atoms with Gasteiger partial charge in [0.25, 0.3) is 10.0 Å². The van der Waals surface area contributed by atoms with E-state index in [1.165, 1.54) is 11.9 Å². The minimum absolute atomic E-state index is 0.0349. The number of anilines is 1. The van der Waals surface area contributed by atoms with Crippen LogP contribution >= 0.6 is 11.6 Å². The van der Waals surface area contributed by atoms with Gasteiger partial charge in [-0.25, -0.2) is 12.8 Å². The number of sulfonamides is 1. The molecule has 10 heteroatoms. The minimum Gasteiger partial charge on any atom is -0.357 e. The molecule has 0 aromatic heterocycles. The van der Waals surface area contributed by atoms with Gasteiger partial charge in [0.05, 0.1) is 10.6 Å². The zero-order valence-electron chi connectivity index (χ0n) is 19.2. The molecule has 0 saturated heterocycles. The van der Waals surface area contributed by atoms with Crippen LogP contribution in [0.3, 0.4) is 0 Å². The van der Waals surface area contributed by atoms with Crippen LogP contribution < -0.4 is 9.62 Å². The molecule has 0 fully saturated rings. The van der Waals surface area contributed by atoms with Crippen LogP contribution in [0, 0.1) is 5.82 Å². The van der Waals surface area contributed by atoms with E-state index in [9.17, 15) is 22.4 Å². The molecule has 0 aliphatic heterocycles. The molecule has 1 N–H and O–H groups in total. The van der Waals surface area contributed by atoms with Crippen molar-refractivity contribution in [3.05, 3.63) is 95.3 Å². The molecule has 3 aromatic carbocycles. The molecule has 7 nitrogen and oxygen atoms in total. The molecular weight excluding hydrogens is 493 g/mol. The van der Waals surface area contributed by atoms with Crippen LogP contribution in [0.25, 0.3) is 0 Å². The van der Waals surface area contributed by atoms with Gasteiger partial charge in [0.1, 0.15) is 18.4 Å². The number of halogens is 2. The van der Waals surface area contributed by atoms with Gasteiger partial charge in [-0.15, -0.1) is 0 Å². The number of benzene rings is 3. The van der Waals surface area contributed by atoms with Crippen LogP contribution in [0.4, 0.5) is 10.1 Å². The quantitative estimate of drug-likeness (QED) is 0.467. The van der Waals surface area contributed by atoms with Crippen LogP contribution in [0.15, 0.2) is 83.8 Å². The number of nitrogens with one attached hydrogen (secondary N) is 1. The minimum atomic E-state index is -4.23. The first-order valence-corrected chi connectivity index (χ1v) is 12.5. The molecule has 3 rings (SSSR count). The Labute approximate surface area is 209 Å². The molecule has 0 saturated carbocycles. The van der Waals surface area contributed by atoms with Crippen molar-refractivity contribution in [3.8, 4) is 0 Å². The highest BCUT2D eigenvalue weighted by atomic mass is 35.5. The molecule has 2 amide bonds. The molecule has 0 radical (unpaired) electrons. The highest BCUT2D eigenvalue weighted by Crippen LogP contribution is 2.24. The molecule has 0 heterocycles. The number of para-hydroxylation sites is 1. The Morgan fingerprint density at radius 3 is 2.26 bits per heavy atom. The van der Waals surface area contributed by atoms with E-state index < -0.39 is 40.2 Å². The van der Waals surface area contributed by atoms with Crippen molar-refractivity contribution in [2.45, 2.75) is 24.4 Å². The van der Waals surface area contributed by atoms with Gasteiger partial charge in [-0.2, -0.15) is 0 Å². The number of hydrogen-bond acceptors (Lipinski definition) is 4. The summed E-state index contributed by atoms with van der Waals surface area (Å²) in [5.41, 5.74) is 0.926. The SMILES string of the molecule is CNC(=O)[C@H](C)N(Cc1cccc(Cl)c1)C(=O)CN(c1ccccc1)S(=O)(=O)c1ccc(F)cc1. The summed E-state index contributed by atoms with van der Waals surface area (Å²) in [5, 5.41) is 2.98. The molecule has 184 valence electrons. The monoisotopic (exact) mass is 517 g/mol. The third kappa shape index (κ3) is 6.37. The Balaban J connectivity index is 2.00. The van der Waals surface area contributed by atoms with Crippen molar-refractivity contribution in [3.63, 3.8) is 0 Å². The van der Waals surface area contributed by atoms with Gasteiger partial charge in [-0.05, 0) is 61.0 Å². The van der Waals surface area contributed by atoms with Crippen molar-refractivity contribution >= 4 is 39.1 Å². The smallest absolute Gasteiger partial charge is 0.264 e. The van der Waals surface area contributed by atoms with Gasteiger partial charge < -0.3 is 10.2 Å². The first-order valence-electron chi connectivity index (χ1n) is 10.7. The molecule has 0 bridgehead atoms. The highest BCUT2D eigenvalue weighted by molar-refractivity contribution is 7.92. The molecule has 0 unspecified atom stereocenters. The van der Waals surface area contributed by atoms with Gasteiger partial charge in [0.15, 0.2) is 0 Å². The van der Waals surface area contributed by atoms with Crippen LogP contribution in [0.2, 0.25) is 5.02 Å². The average molecular weight is 518 g/mol. The molecular formula is C25H25ClFN3O4S. The van der Waals surface area contributed by atoms with E-state index in [1.54, 1.807) is 61.5 Å². The number of amides is 2. The summed E-state index contributed by atoms with van der Waals surface area (Å²) >= 11 is 6.08. The maximum atomic E-state index is 13.6. The number of carbonyl (C=O) groups excluding carboxylic acids is 2. The lowest BCUT2D eigenvalue weighted by Crippen LogP contribution is -2.50. The maximum absolute atomic E-state index is 13.6. The number of likely N-dealkylation sites (N-methyl/N-ethyl adjacent to an activating group) is 1. The molecule has 1 atom stereocenters. The molecule has 0 aliphatic carbocycles. The molecule has 3 aromatic rings. The summed E-state index contributed by atoms with van der Waals surface area (Å²) in [6.45, 7) is 1.02. The van der Waals surface area contributed by atoms with Gasteiger partial charge in [0.2, 0.25) is 11.8 Å². The van der Waals surface area contributed by atoms with Crippen molar-refractivity contribution in [2.75, 3.05) is 17.9 Å². The van der Waals surface area contributed by atoms with Gasteiger partial charge in [0, 0.05) is 18.6 Å². The fourth-order valence-electron chi connectivity index (χ4n) is 3.48. The largest absolute Gasteiger partial charge is 0.357 e. The summed E-state index contributed by atoms with van der Waals surface area (Å²) in [6, 6.07) is 18.4. The number of hydrogen-bond donors (Lipinski definition) is 1. The van der Waals surface area contributed by atoms with Crippen molar-refractivity contribution in [2.24, 2.45) is 0 Å². The van der Waals surface area contributed by atoms with E-state index in [4.69, 9.17) is 11.6 Å². The van der Waals surface area contributed by atoms with Gasteiger partial charge in [-0.1, -0.05) is 41.9 Å². The lowest BCUT2D eigenvalue weighted by molar-refractivity contribution is -0.139. The summed E-state index contributed by atoms with van der Waals surface area (Å²) < 4.78 is 41.4.